The van der Waals surface area contributed by atoms with Crippen molar-refractivity contribution in [2.75, 3.05) is 25.2 Å². The van der Waals surface area contributed by atoms with Crippen LogP contribution in [0.2, 0.25) is 0 Å². The molecule has 0 bridgehead atoms. The quantitative estimate of drug-likeness (QED) is 0.580. The molecule has 1 aromatic carbocycles. The van der Waals surface area contributed by atoms with Crippen LogP contribution >= 0.6 is 0 Å². The molecule has 1 atom stereocenters. The number of ether oxygens (including phenoxy) is 2. The molecule has 1 aromatic rings. The van der Waals surface area contributed by atoms with Crippen molar-refractivity contribution in [1.29, 1.82) is 0 Å². The Bertz CT molecular complexity index is 717. The first-order chi connectivity index (χ1) is 10.8. The molecule has 0 saturated carbocycles. The van der Waals surface area contributed by atoms with Gasteiger partial charge in [0.2, 0.25) is 0 Å². The van der Waals surface area contributed by atoms with E-state index in [1.165, 1.54) is 19.2 Å². The lowest BCUT2D eigenvalue weighted by Gasteiger charge is -2.13. The maximum absolute atomic E-state index is 11.8. The molecule has 0 aromatic heterocycles. The molecule has 126 valence electrons. The number of hydrogen-bond acceptors (Lipinski definition) is 7. The number of nitrogens with one attached hydrogen (secondary N) is 1. The van der Waals surface area contributed by atoms with Gasteiger partial charge >= 0.3 is 0 Å². The van der Waals surface area contributed by atoms with Gasteiger partial charge in [0.15, 0.2) is 27.9 Å². The number of methoxy groups -OCH3 is 1. The van der Waals surface area contributed by atoms with Crippen LogP contribution in [0, 0.1) is 10.1 Å². The van der Waals surface area contributed by atoms with Crippen LogP contribution in [0.3, 0.4) is 0 Å². The highest BCUT2D eigenvalue weighted by molar-refractivity contribution is 7.91. The van der Waals surface area contributed by atoms with Crippen molar-refractivity contribution in [2.45, 2.75) is 12.5 Å². The fourth-order valence-corrected chi connectivity index (χ4v) is 3.89. The highest BCUT2D eigenvalue weighted by Crippen LogP contribution is 2.31. The van der Waals surface area contributed by atoms with Gasteiger partial charge in [-0.3, -0.25) is 14.9 Å². The number of rotatable bonds is 6. The van der Waals surface area contributed by atoms with Gasteiger partial charge in [0.1, 0.15) is 0 Å². The summed E-state index contributed by atoms with van der Waals surface area (Å²) in [6.07, 6.45) is 0.369. The Morgan fingerprint density at radius 3 is 2.74 bits per heavy atom. The Kier molecular flexibility index (Phi) is 5.04. The van der Waals surface area contributed by atoms with Gasteiger partial charge in [-0.05, 0) is 12.5 Å². The third kappa shape index (κ3) is 4.55. The number of carbonyl (C=O) groups excluding carboxylic acids is 1. The molecule has 1 fully saturated rings. The van der Waals surface area contributed by atoms with E-state index in [1.807, 2.05) is 0 Å². The summed E-state index contributed by atoms with van der Waals surface area (Å²) in [4.78, 5) is 22.0. The smallest absolute Gasteiger partial charge is 0.273 e. The van der Waals surface area contributed by atoms with Crippen LogP contribution in [0.25, 0.3) is 0 Å². The second kappa shape index (κ2) is 6.82. The van der Waals surface area contributed by atoms with E-state index in [9.17, 15) is 23.3 Å². The van der Waals surface area contributed by atoms with Crippen LogP contribution in [0.15, 0.2) is 18.2 Å². The van der Waals surface area contributed by atoms with Gasteiger partial charge in [-0.25, -0.2) is 8.42 Å². The van der Waals surface area contributed by atoms with Crippen molar-refractivity contribution in [3.8, 4) is 11.5 Å². The zero-order chi connectivity index (χ0) is 17.0. The lowest BCUT2D eigenvalue weighted by atomic mass is 10.2. The van der Waals surface area contributed by atoms with Crippen molar-refractivity contribution in [2.24, 2.45) is 0 Å². The Labute approximate surface area is 132 Å². The SMILES string of the molecule is COc1ccc([N+](=O)[O-])cc1OCC(=O)N[C@H]1CCS(=O)(=O)C1. The minimum atomic E-state index is -3.08. The van der Waals surface area contributed by atoms with E-state index >= 15 is 0 Å². The fraction of sp³-hybridized carbons (Fsp3) is 0.462. The zero-order valence-corrected chi connectivity index (χ0v) is 13.2. The van der Waals surface area contributed by atoms with Crippen LogP contribution in [-0.4, -0.2) is 50.5 Å². The summed E-state index contributed by atoms with van der Waals surface area (Å²) in [6.45, 7) is -0.395. The number of benzene rings is 1. The second-order valence-electron chi connectivity index (χ2n) is 5.05. The largest absolute Gasteiger partial charge is 0.493 e. The molecule has 23 heavy (non-hydrogen) atoms. The standard InChI is InChI=1S/C13H16N2O7S/c1-21-11-3-2-10(15(17)18)6-12(11)22-7-13(16)14-9-4-5-23(19,20)8-9/h2-3,6,9H,4-5,7-8H2,1H3,(H,14,16)/t9-/m0/s1. The predicted molar refractivity (Wildman–Crippen MR) is 80.3 cm³/mol. The minimum absolute atomic E-state index is 0.0531. The molecule has 2 rings (SSSR count). The normalized spacial score (nSPS) is 19.1. The molecule has 1 saturated heterocycles. The van der Waals surface area contributed by atoms with E-state index < -0.39 is 33.3 Å². The molecule has 0 radical (unpaired) electrons. The molecule has 0 aliphatic carbocycles. The summed E-state index contributed by atoms with van der Waals surface area (Å²) in [7, 11) is -1.71. The highest BCUT2D eigenvalue weighted by Gasteiger charge is 2.29. The molecule has 1 N–H and O–H groups in total. The summed E-state index contributed by atoms with van der Waals surface area (Å²) < 4.78 is 32.9. The van der Waals surface area contributed by atoms with E-state index in [-0.39, 0.29) is 28.7 Å². The number of nitro benzene ring substituents is 1. The van der Waals surface area contributed by atoms with Crippen molar-refractivity contribution in [1.82, 2.24) is 5.32 Å². The van der Waals surface area contributed by atoms with Gasteiger partial charge in [0.05, 0.1) is 29.6 Å². The van der Waals surface area contributed by atoms with Gasteiger partial charge in [-0.2, -0.15) is 0 Å². The van der Waals surface area contributed by atoms with Gasteiger partial charge in [-0.1, -0.05) is 0 Å². The number of nitrogens with zero attached hydrogens (tertiary/aromatic N) is 1. The van der Waals surface area contributed by atoms with Gasteiger partial charge in [0.25, 0.3) is 11.6 Å². The number of sulfone groups is 1. The molecular weight excluding hydrogens is 328 g/mol. The van der Waals surface area contributed by atoms with Crippen molar-refractivity contribution in [3.05, 3.63) is 28.3 Å². The first kappa shape index (κ1) is 17.0. The lowest BCUT2D eigenvalue weighted by Crippen LogP contribution is -2.38. The van der Waals surface area contributed by atoms with Crippen LogP contribution in [0.5, 0.6) is 11.5 Å². The topological polar surface area (TPSA) is 125 Å². The Morgan fingerprint density at radius 2 is 2.17 bits per heavy atom. The fourth-order valence-electron chi connectivity index (χ4n) is 2.21. The molecular formula is C13H16N2O7S. The lowest BCUT2D eigenvalue weighted by molar-refractivity contribution is -0.385. The van der Waals surface area contributed by atoms with Crippen LogP contribution in [0.4, 0.5) is 5.69 Å². The maximum atomic E-state index is 11.8. The average molecular weight is 344 g/mol. The monoisotopic (exact) mass is 344 g/mol. The Hall–Kier alpha value is -2.36. The van der Waals surface area contributed by atoms with E-state index in [0.29, 0.717) is 6.42 Å². The molecule has 9 nitrogen and oxygen atoms in total. The average Bonchev–Trinajstić information content (AvgIpc) is 2.83. The van der Waals surface area contributed by atoms with Crippen molar-refractivity contribution >= 4 is 21.4 Å². The van der Waals surface area contributed by atoms with Gasteiger partial charge < -0.3 is 14.8 Å². The third-order valence-corrected chi connectivity index (χ3v) is 5.08. The molecule has 1 amide bonds. The summed E-state index contributed by atoms with van der Waals surface area (Å²) in [5.74, 6) is -0.209. The van der Waals surface area contributed by atoms with Crippen LogP contribution in [0.1, 0.15) is 6.42 Å². The van der Waals surface area contributed by atoms with Crippen molar-refractivity contribution in [3.63, 3.8) is 0 Å². The van der Waals surface area contributed by atoms with E-state index in [0.717, 1.165) is 6.07 Å². The molecule has 1 aliphatic heterocycles. The van der Waals surface area contributed by atoms with E-state index in [1.54, 1.807) is 0 Å². The molecule has 0 spiro atoms. The molecule has 0 unspecified atom stereocenters. The first-order valence-electron chi connectivity index (χ1n) is 6.76. The number of carbonyl (C=O) groups is 1. The van der Waals surface area contributed by atoms with Crippen LogP contribution < -0.4 is 14.8 Å². The summed E-state index contributed by atoms with van der Waals surface area (Å²) in [5.41, 5.74) is -0.192. The molecule has 10 heteroatoms. The second-order valence-corrected chi connectivity index (χ2v) is 7.28. The minimum Gasteiger partial charge on any atom is -0.493 e. The Balaban J connectivity index is 1.96. The summed E-state index contributed by atoms with van der Waals surface area (Å²) in [6, 6.07) is 3.36. The summed E-state index contributed by atoms with van der Waals surface area (Å²) >= 11 is 0. The number of non-ortho nitro benzene ring substituents is 1. The third-order valence-electron chi connectivity index (χ3n) is 3.31. The first-order valence-corrected chi connectivity index (χ1v) is 8.58. The predicted octanol–water partition coefficient (Wildman–Crippen LogP) is 0.285. The summed E-state index contributed by atoms with van der Waals surface area (Å²) in [5, 5.41) is 13.3. The van der Waals surface area contributed by atoms with E-state index in [4.69, 9.17) is 9.47 Å². The van der Waals surface area contributed by atoms with Crippen molar-refractivity contribution < 1.29 is 27.6 Å². The maximum Gasteiger partial charge on any atom is 0.273 e. The number of amides is 1. The van der Waals surface area contributed by atoms with Crippen LogP contribution in [-0.2, 0) is 14.6 Å². The zero-order valence-electron chi connectivity index (χ0n) is 12.4. The number of hydrogen-bond donors (Lipinski definition) is 1. The Morgan fingerprint density at radius 1 is 1.43 bits per heavy atom. The van der Waals surface area contributed by atoms with Gasteiger partial charge in [-0.15, -0.1) is 0 Å². The van der Waals surface area contributed by atoms with E-state index in [2.05, 4.69) is 5.32 Å². The number of nitro groups is 1. The molecule has 1 heterocycles. The molecule has 1 aliphatic rings. The van der Waals surface area contributed by atoms with Gasteiger partial charge in [0, 0.05) is 12.1 Å². The highest BCUT2D eigenvalue weighted by atomic mass is 32.2.